The standard InChI is InChI=1S/C14H12N2O2/c1-17-13-5-11-10-3-4-15-7-9(10)8-16-12(11)6-14(13)18-2/h3-8H,1-2H3. The molecular weight excluding hydrogens is 228 g/mol. The molecule has 0 unspecified atom stereocenters. The number of nitrogens with zero attached hydrogens (tertiary/aromatic N) is 2. The summed E-state index contributed by atoms with van der Waals surface area (Å²) in [6, 6.07) is 5.81. The maximum absolute atomic E-state index is 5.32. The van der Waals surface area contributed by atoms with Crippen LogP contribution in [-0.2, 0) is 0 Å². The molecule has 90 valence electrons. The number of ether oxygens (including phenoxy) is 2. The number of hydrogen-bond donors (Lipinski definition) is 0. The Morgan fingerprint density at radius 3 is 2.50 bits per heavy atom. The van der Waals surface area contributed by atoms with Crippen molar-refractivity contribution >= 4 is 21.7 Å². The lowest BCUT2D eigenvalue weighted by Crippen LogP contribution is -1.92. The Labute approximate surface area is 104 Å². The number of methoxy groups -OCH3 is 2. The summed E-state index contributed by atoms with van der Waals surface area (Å²) in [5.74, 6) is 1.39. The molecular formula is C14H12N2O2. The summed E-state index contributed by atoms with van der Waals surface area (Å²) in [6.07, 6.45) is 5.40. The highest BCUT2D eigenvalue weighted by Crippen LogP contribution is 2.34. The van der Waals surface area contributed by atoms with Gasteiger partial charge in [0.1, 0.15) is 0 Å². The van der Waals surface area contributed by atoms with Crippen LogP contribution in [0.25, 0.3) is 21.7 Å². The Balaban J connectivity index is 2.43. The number of pyridine rings is 2. The Hall–Kier alpha value is -2.36. The van der Waals surface area contributed by atoms with Crippen LogP contribution in [0.15, 0.2) is 36.8 Å². The molecule has 0 spiro atoms. The largest absolute Gasteiger partial charge is 0.493 e. The molecule has 0 aliphatic carbocycles. The van der Waals surface area contributed by atoms with E-state index < -0.39 is 0 Å². The number of fused-ring (bicyclic) bond motifs is 3. The highest BCUT2D eigenvalue weighted by Gasteiger charge is 2.09. The first kappa shape index (κ1) is 10.8. The summed E-state index contributed by atoms with van der Waals surface area (Å²) in [6.45, 7) is 0. The van der Waals surface area contributed by atoms with Crippen molar-refractivity contribution in [2.45, 2.75) is 0 Å². The summed E-state index contributed by atoms with van der Waals surface area (Å²) in [5.41, 5.74) is 0.881. The molecule has 3 aromatic rings. The van der Waals surface area contributed by atoms with Gasteiger partial charge in [-0.15, -0.1) is 0 Å². The molecule has 0 aliphatic heterocycles. The van der Waals surface area contributed by atoms with Crippen molar-refractivity contribution in [1.29, 1.82) is 0 Å². The SMILES string of the molecule is COc1cc2ncc3cnccc3c2cc1OC. The van der Waals surface area contributed by atoms with E-state index in [4.69, 9.17) is 9.47 Å². The Morgan fingerprint density at radius 2 is 1.72 bits per heavy atom. The predicted octanol–water partition coefficient (Wildman–Crippen LogP) is 2.80. The van der Waals surface area contributed by atoms with Crippen LogP contribution in [0.3, 0.4) is 0 Å². The van der Waals surface area contributed by atoms with E-state index in [9.17, 15) is 0 Å². The zero-order valence-corrected chi connectivity index (χ0v) is 10.2. The van der Waals surface area contributed by atoms with Gasteiger partial charge in [0.15, 0.2) is 11.5 Å². The average Bonchev–Trinajstić information content (AvgIpc) is 2.45. The van der Waals surface area contributed by atoms with E-state index in [-0.39, 0.29) is 0 Å². The van der Waals surface area contributed by atoms with Crippen molar-refractivity contribution in [3.63, 3.8) is 0 Å². The Morgan fingerprint density at radius 1 is 0.944 bits per heavy atom. The monoisotopic (exact) mass is 240 g/mol. The molecule has 0 fully saturated rings. The molecule has 0 aliphatic rings. The maximum Gasteiger partial charge on any atom is 0.162 e. The molecule has 1 aromatic carbocycles. The molecule has 4 nitrogen and oxygen atoms in total. The summed E-state index contributed by atoms with van der Waals surface area (Å²) < 4.78 is 10.6. The van der Waals surface area contributed by atoms with Gasteiger partial charge in [-0.2, -0.15) is 0 Å². The summed E-state index contributed by atoms with van der Waals surface area (Å²) in [7, 11) is 3.25. The Kier molecular flexibility index (Phi) is 2.48. The second-order valence-corrected chi connectivity index (χ2v) is 3.95. The van der Waals surface area contributed by atoms with E-state index in [1.807, 2.05) is 24.4 Å². The molecule has 2 aromatic heterocycles. The molecule has 0 saturated carbocycles. The minimum atomic E-state index is 0.686. The molecule has 0 radical (unpaired) electrons. The maximum atomic E-state index is 5.32. The van der Waals surface area contributed by atoms with Crippen molar-refractivity contribution in [3.8, 4) is 11.5 Å². The minimum absolute atomic E-state index is 0.686. The van der Waals surface area contributed by atoms with Crippen LogP contribution >= 0.6 is 0 Å². The van der Waals surface area contributed by atoms with Crippen LogP contribution in [0.4, 0.5) is 0 Å². The van der Waals surface area contributed by atoms with Crippen LogP contribution in [0.2, 0.25) is 0 Å². The minimum Gasteiger partial charge on any atom is -0.493 e. The van der Waals surface area contributed by atoms with Crippen LogP contribution in [0.5, 0.6) is 11.5 Å². The second-order valence-electron chi connectivity index (χ2n) is 3.95. The second kappa shape index (κ2) is 4.14. The van der Waals surface area contributed by atoms with E-state index in [0.717, 1.165) is 21.7 Å². The highest BCUT2D eigenvalue weighted by atomic mass is 16.5. The normalized spacial score (nSPS) is 10.8. The first-order chi connectivity index (χ1) is 8.83. The van der Waals surface area contributed by atoms with E-state index >= 15 is 0 Å². The van der Waals surface area contributed by atoms with Crippen molar-refractivity contribution in [3.05, 3.63) is 36.8 Å². The highest BCUT2D eigenvalue weighted by molar-refractivity contribution is 6.06. The van der Waals surface area contributed by atoms with Crippen molar-refractivity contribution in [2.24, 2.45) is 0 Å². The third-order valence-electron chi connectivity index (χ3n) is 2.99. The lowest BCUT2D eigenvalue weighted by atomic mass is 10.1. The van der Waals surface area contributed by atoms with Gasteiger partial charge < -0.3 is 9.47 Å². The molecule has 18 heavy (non-hydrogen) atoms. The Bertz CT molecular complexity index is 725. The summed E-state index contributed by atoms with van der Waals surface area (Å²) >= 11 is 0. The van der Waals surface area contributed by atoms with E-state index in [1.54, 1.807) is 26.6 Å². The van der Waals surface area contributed by atoms with E-state index in [2.05, 4.69) is 9.97 Å². The van der Waals surface area contributed by atoms with Gasteiger partial charge in [-0.25, -0.2) is 0 Å². The molecule has 0 atom stereocenters. The molecule has 0 saturated heterocycles. The molecule has 4 heteroatoms. The van der Waals surface area contributed by atoms with Gasteiger partial charge in [0, 0.05) is 35.4 Å². The fourth-order valence-corrected chi connectivity index (χ4v) is 2.08. The van der Waals surface area contributed by atoms with Gasteiger partial charge >= 0.3 is 0 Å². The van der Waals surface area contributed by atoms with E-state index in [1.165, 1.54) is 0 Å². The van der Waals surface area contributed by atoms with Gasteiger partial charge in [0.25, 0.3) is 0 Å². The van der Waals surface area contributed by atoms with Gasteiger partial charge in [-0.1, -0.05) is 0 Å². The molecule has 2 heterocycles. The van der Waals surface area contributed by atoms with E-state index in [0.29, 0.717) is 11.5 Å². The number of rotatable bonds is 2. The fraction of sp³-hybridized carbons (Fsp3) is 0.143. The van der Waals surface area contributed by atoms with Crippen molar-refractivity contribution < 1.29 is 9.47 Å². The average molecular weight is 240 g/mol. The van der Waals surface area contributed by atoms with Crippen molar-refractivity contribution in [2.75, 3.05) is 14.2 Å². The molecule has 0 bridgehead atoms. The number of benzene rings is 1. The zero-order chi connectivity index (χ0) is 12.5. The summed E-state index contributed by atoms with van der Waals surface area (Å²) in [4.78, 5) is 8.52. The fourth-order valence-electron chi connectivity index (χ4n) is 2.08. The van der Waals surface area contributed by atoms with Crippen LogP contribution in [0, 0.1) is 0 Å². The summed E-state index contributed by atoms with van der Waals surface area (Å²) in [5, 5.41) is 3.15. The van der Waals surface area contributed by atoms with Crippen LogP contribution in [0.1, 0.15) is 0 Å². The van der Waals surface area contributed by atoms with Crippen LogP contribution in [-0.4, -0.2) is 24.2 Å². The smallest absolute Gasteiger partial charge is 0.162 e. The number of hydrogen-bond acceptors (Lipinski definition) is 4. The third kappa shape index (κ3) is 1.54. The first-order valence-electron chi connectivity index (χ1n) is 5.58. The van der Waals surface area contributed by atoms with Crippen LogP contribution < -0.4 is 9.47 Å². The molecule has 3 rings (SSSR count). The van der Waals surface area contributed by atoms with Crippen molar-refractivity contribution in [1.82, 2.24) is 9.97 Å². The van der Waals surface area contributed by atoms with Gasteiger partial charge in [0.2, 0.25) is 0 Å². The van der Waals surface area contributed by atoms with Gasteiger partial charge in [0.05, 0.1) is 19.7 Å². The lowest BCUT2D eigenvalue weighted by molar-refractivity contribution is 0.356. The quantitative estimate of drug-likeness (QED) is 0.646. The zero-order valence-electron chi connectivity index (χ0n) is 10.2. The van der Waals surface area contributed by atoms with Gasteiger partial charge in [-0.3, -0.25) is 9.97 Å². The predicted molar refractivity (Wildman–Crippen MR) is 70.1 cm³/mol. The first-order valence-corrected chi connectivity index (χ1v) is 5.58. The number of aromatic nitrogens is 2. The molecule has 0 N–H and O–H groups in total. The third-order valence-corrected chi connectivity index (χ3v) is 2.99. The topological polar surface area (TPSA) is 44.2 Å². The molecule has 0 amide bonds. The van der Waals surface area contributed by atoms with Gasteiger partial charge in [-0.05, 0) is 17.5 Å². The lowest BCUT2D eigenvalue weighted by Gasteiger charge is -2.10.